The molecule has 1 aliphatic carbocycles. The topological polar surface area (TPSA) is 88.3 Å². The molecule has 0 unspecified atom stereocenters. The van der Waals surface area contributed by atoms with Gasteiger partial charge in [0.15, 0.2) is 0 Å². The van der Waals surface area contributed by atoms with Crippen molar-refractivity contribution in [1.29, 1.82) is 0 Å². The van der Waals surface area contributed by atoms with E-state index in [0.29, 0.717) is 11.6 Å². The Morgan fingerprint density at radius 1 is 1.23 bits per heavy atom. The van der Waals surface area contributed by atoms with Crippen molar-refractivity contribution in [3.05, 3.63) is 57.8 Å². The Hall–Kier alpha value is -2.47. The van der Waals surface area contributed by atoms with Gasteiger partial charge in [-0.25, -0.2) is 4.98 Å². The number of anilines is 2. The predicted octanol–water partition coefficient (Wildman–Crippen LogP) is 3.49. The van der Waals surface area contributed by atoms with Gasteiger partial charge in [0.2, 0.25) is 5.82 Å². The molecule has 2 N–H and O–H groups in total. The van der Waals surface area contributed by atoms with E-state index in [1.54, 1.807) is 30.3 Å². The monoisotopic (exact) mass is 299 g/mol. The summed E-state index contributed by atoms with van der Waals surface area (Å²) in [6.45, 7) is -0.0319. The van der Waals surface area contributed by atoms with Crippen molar-refractivity contribution < 1.29 is 10.0 Å². The van der Waals surface area contributed by atoms with Crippen LogP contribution in [0.15, 0.2) is 36.4 Å². The second-order valence-corrected chi connectivity index (χ2v) is 5.47. The minimum Gasteiger partial charge on any atom is -0.392 e. The molecule has 1 aromatic carbocycles. The number of nitrogens with zero attached hydrogens (tertiary/aromatic N) is 2. The summed E-state index contributed by atoms with van der Waals surface area (Å²) < 4.78 is 0. The molecule has 0 atom stereocenters. The van der Waals surface area contributed by atoms with E-state index in [1.165, 1.54) is 12.5 Å². The van der Waals surface area contributed by atoms with Gasteiger partial charge in [0.05, 0.1) is 11.5 Å². The van der Waals surface area contributed by atoms with Crippen molar-refractivity contribution in [3.63, 3.8) is 0 Å². The molecule has 3 rings (SSSR count). The fourth-order valence-electron chi connectivity index (χ4n) is 2.47. The number of aliphatic hydroxyl groups is 1. The lowest BCUT2D eigenvalue weighted by molar-refractivity contribution is -0.384. The molecule has 0 radical (unpaired) electrons. The Kier molecular flexibility index (Phi) is 4.02. The van der Waals surface area contributed by atoms with Crippen molar-refractivity contribution in [2.75, 3.05) is 5.32 Å². The van der Waals surface area contributed by atoms with E-state index >= 15 is 0 Å². The minimum absolute atomic E-state index is 0.0319. The van der Waals surface area contributed by atoms with E-state index < -0.39 is 4.92 Å². The highest BCUT2D eigenvalue weighted by molar-refractivity contribution is 5.65. The summed E-state index contributed by atoms with van der Waals surface area (Å²) in [6, 6.07) is 10.3. The number of nitrogens with one attached hydrogen (secondary N) is 1. The number of pyridine rings is 1. The summed E-state index contributed by atoms with van der Waals surface area (Å²) in [5, 5.41) is 23.2. The van der Waals surface area contributed by atoms with E-state index in [0.717, 1.165) is 24.1 Å². The Morgan fingerprint density at radius 2 is 1.95 bits per heavy atom. The van der Waals surface area contributed by atoms with Crippen LogP contribution in [0.2, 0.25) is 0 Å². The van der Waals surface area contributed by atoms with Crippen LogP contribution < -0.4 is 5.32 Å². The largest absolute Gasteiger partial charge is 0.392 e. The third kappa shape index (κ3) is 2.92. The van der Waals surface area contributed by atoms with E-state index in [9.17, 15) is 10.1 Å². The van der Waals surface area contributed by atoms with Crippen molar-refractivity contribution in [3.8, 4) is 0 Å². The smallest absolute Gasteiger partial charge is 0.311 e. The van der Waals surface area contributed by atoms with Crippen LogP contribution >= 0.6 is 0 Å². The van der Waals surface area contributed by atoms with Crippen LogP contribution in [0.4, 0.5) is 17.2 Å². The molecule has 0 saturated heterocycles. The molecule has 22 heavy (non-hydrogen) atoms. The molecular weight excluding hydrogens is 282 g/mol. The molecule has 0 amide bonds. The number of aromatic nitrogens is 1. The van der Waals surface area contributed by atoms with Crippen LogP contribution in [0.3, 0.4) is 0 Å². The molecule has 114 valence electrons. The van der Waals surface area contributed by atoms with E-state index in [-0.39, 0.29) is 18.1 Å². The molecule has 1 fully saturated rings. The fraction of sp³-hybridized carbons (Fsp3) is 0.312. The fourth-order valence-corrected chi connectivity index (χ4v) is 2.47. The van der Waals surface area contributed by atoms with Crippen molar-refractivity contribution in [1.82, 2.24) is 4.98 Å². The maximum Gasteiger partial charge on any atom is 0.311 e. The predicted molar refractivity (Wildman–Crippen MR) is 83.1 cm³/mol. The van der Waals surface area contributed by atoms with Crippen molar-refractivity contribution in [2.45, 2.75) is 31.8 Å². The highest BCUT2D eigenvalue weighted by atomic mass is 16.6. The molecule has 1 aliphatic rings. The van der Waals surface area contributed by atoms with Crippen LogP contribution in [0.1, 0.15) is 36.4 Å². The molecule has 0 aliphatic heterocycles. The zero-order valence-corrected chi connectivity index (χ0v) is 12.0. The van der Waals surface area contributed by atoms with Gasteiger partial charge in [0.25, 0.3) is 0 Å². The summed E-state index contributed by atoms with van der Waals surface area (Å²) in [5.74, 6) is 0.685. The summed E-state index contributed by atoms with van der Waals surface area (Å²) in [7, 11) is 0. The highest BCUT2D eigenvalue weighted by Crippen LogP contribution is 2.37. The Labute approximate surface area is 128 Å². The number of hydrogen-bond acceptors (Lipinski definition) is 5. The van der Waals surface area contributed by atoms with Crippen LogP contribution in [0.5, 0.6) is 0 Å². The number of aliphatic hydroxyl groups excluding tert-OH is 1. The molecule has 2 aromatic rings. The summed E-state index contributed by atoms with van der Waals surface area (Å²) >= 11 is 0. The zero-order chi connectivity index (χ0) is 15.5. The molecule has 6 heteroatoms. The maximum absolute atomic E-state index is 11.2. The number of hydrogen-bond donors (Lipinski definition) is 2. The standard InChI is InChI=1S/C16H17N3O3/c20-10-11-4-6-13(7-5-11)17-16-15(19(21)22)9-8-14(18-16)12-2-1-3-12/h4-9,12,20H,1-3,10H2,(H,17,18). The van der Waals surface area contributed by atoms with Crippen LogP contribution in [0.25, 0.3) is 0 Å². The number of benzene rings is 1. The summed E-state index contributed by atoms with van der Waals surface area (Å²) in [5.41, 5.74) is 2.37. The second-order valence-electron chi connectivity index (χ2n) is 5.47. The quantitative estimate of drug-likeness (QED) is 0.651. The van der Waals surface area contributed by atoms with Crippen LogP contribution in [0, 0.1) is 10.1 Å². The average Bonchev–Trinajstić information content (AvgIpc) is 2.46. The molecule has 0 spiro atoms. The van der Waals surface area contributed by atoms with Gasteiger partial charge in [0.1, 0.15) is 0 Å². The SMILES string of the molecule is O=[N+]([O-])c1ccc(C2CCC2)nc1Nc1ccc(CO)cc1. The first-order valence-electron chi connectivity index (χ1n) is 7.29. The molecule has 1 saturated carbocycles. The maximum atomic E-state index is 11.2. The minimum atomic E-state index is -0.429. The van der Waals surface area contributed by atoms with Crippen molar-refractivity contribution >= 4 is 17.2 Å². The lowest BCUT2D eigenvalue weighted by Gasteiger charge is -2.25. The zero-order valence-electron chi connectivity index (χ0n) is 12.0. The average molecular weight is 299 g/mol. The van der Waals surface area contributed by atoms with Crippen molar-refractivity contribution in [2.24, 2.45) is 0 Å². The molecular formula is C16H17N3O3. The number of rotatable bonds is 5. The van der Waals surface area contributed by atoms with Gasteiger partial charge in [0, 0.05) is 23.4 Å². The first-order valence-corrected chi connectivity index (χ1v) is 7.29. The summed E-state index contributed by atoms with van der Waals surface area (Å²) in [4.78, 5) is 15.2. The Balaban J connectivity index is 1.89. The molecule has 1 aromatic heterocycles. The van der Waals surface area contributed by atoms with Gasteiger partial charge >= 0.3 is 5.69 Å². The normalized spacial score (nSPS) is 14.4. The van der Waals surface area contributed by atoms with Gasteiger partial charge in [-0.1, -0.05) is 18.6 Å². The van der Waals surface area contributed by atoms with Gasteiger partial charge < -0.3 is 10.4 Å². The molecule has 0 bridgehead atoms. The summed E-state index contributed by atoms with van der Waals surface area (Å²) in [6.07, 6.45) is 3.37. The Bertz CT molecular complexity index is 682. The number of nitro groups is 1. The van der Waals surface area contributed by atoms with E-state index in [4.69, 9.17) is 5.11 Å². The van der Waals surface area contributed by atoms with Gasteiger partial charge in [-0.15, -0.1) is 0 Å². The highest BCUT2D eigenvalue weighted by Gasteiger charge is 2.24. The Morgan fingerprint density at radius 3 is 2.50 bits per heavy atom. The van der Waals surface area contributed by atoms with Gasteiger partial charge in [-0.2, -0.15) is 0 Å². The van der Waals surface area contributed by atoms with Crippen LogP contribution in [-0.2, 0) is 6.61 Å². The molecule has 1 heterocycles. The molecule has 6 nitrogen and oxygen atoms in total. The lowest BCUT2D eigenvalue weighted by atomic mass is 9.82. The third-order valence-electron chi connectivity index (χ3n) is 4.01. The first-order chi connectivity index (χ1) is 10.7. The second kappa shape index (κ2) is 6.11. The van der Waals surface area contributed by atoms with Gasteiger partial charge in [-0.3, -0.25) is 10.1 Å². The van der Waals surface area contributed by atoms with Crippen LogP contribution in [-0.4, -0.2) is 15.0 Å². The first kappa shape index (κ1) is 14.5. The lowest BCUT2D eigenvalue weighted by Crippen LogP contribution is -2.12. The van der Waals surface area contributed by atoms with Gasteiger partial charge in [-0.05, 0) is 36.6 Å². The van der Waals surface area contributed by atoms with E-state index in [2.05, 4.69) is 10.3 Å². The third-order valence-corrected chi connectivity index (χ3v) is 4.01. The van der Waals surface area contributed by atoms with E-state index in [1.807, 2.05) is 0 Å².